The number of piperidine rings is 1. The van der Waals surface area contributed by atoms with Crippen molar-refractivity contribution in [1.82, 2.24) is 5.32 Å². The number of hydrogen-bond donors (Lipinski definition) is 3. The summed E-state index contributed by atoms with van der Waals surface area (Å²) in [6, 6.07) is 13.2. The summed E-state index contributed by atoms with van der Waals surface area (Å²) < 4.78 is 0. The molecule has 3 N–H and O–H groups in total. The highest BCUT2D eigenvalue weighted by atomic mass is 16.3. The monoisotopic (exact) mass is 348 g/mol. The molecule has 3 aliphatic rings. The summed E-state index contributed by atoms with van der Waals surface area (Å²) in [4.78, 5) is 0. The Balaban J connectivity index is 1.57. The van der Waals surface area contributed by atoms with E-state index in [2.05, 4.69) is 41.8 Å². The van der Waals surface area contributed by atoms with Crippen molar-refractivity contribution in [3.8, 4) is 5.75 Å². The molecular formula is C23H28N2O. The molecule has 1 saturated carbocycles. The number of hydrogen-bond acceptors (Lipinski definition) is 3. The molecule has 26 heavy (non-hydrogen) atoms. The Labute approximate surface area is 155 Å². The number of phenols is 1. The van der Waals surface area contributed by atoms with Gasteiger partial charge in [-0.1, -0.05) is 31.0 Å². The molecule has 0 radical (unpaired) electrons. The van der Waals surface area contributed by atoms with Crippen LogP contribution in [0.1, 0.15) is 48.8 Å². The Kier molecular flexibility index (Phi) is 3.75. The minimum atomic E-state index is 0.292. The van der Waals surface area contributed by atoms with Crippen LogP contribution in [0.2, 0.25) is 0 Å². The van der Waals surface area contributed by atoms with Crippen molar-refractivity contribution in [2.45, 2.75) is 56.9 Å². The molecule has 5 rings (SSSR count). The molecule has 1 saturated heterocycles. The molecular weight excluding hydrogens is 320 g/mol. The summed E-state index contributed by atoms with van der Waals surface area (Å²) in [5.41, 5.74) is 6.24. The van der Waals surface area contributed by atoms with Gasteiger partial charge in [-0.15, -0.1) is 0 Å². The second-order valence-electron chi connectivity index (χ2n) is 8.49. The van der Waals surface area contributed by atoms with Crippen LogP contribution in [0.3, 0.4) is 0 Å². The van der Waals surface area contributed by atoms with Gasteiger partial charge in [0.1, 0.15) is 5.75 Å². The molecule has 0 unspecified atom stereocenters. The van der Waals surface area contributed by atoms with Gasteiger partial charge in [0.15, 0.2) is 0 Å². The van der Waals surface area contributed by atoms with Crippen molar-refractivity contribution in [1.29, 1.82) is 0 Å². The van der Waals surface area contributed by atoms with Crippen LogP contribution in [0, 0.1) is 12.8 Å². The minimum Gasteiger partial charge on any atom is -0.506 e. The summed E-state index contributed by atoms with van der Waals surface area (Å²) in [5, 5.41) is 18.1. The van der Waals surface area contributed by atoms with Gasteiger partial charge in [0.2, 0.25) is 0 Å². The highest BCUT2D eigenvalue weighted by Gasteiger charge is 2.51. The number of para-hydroxylation sites is 1. The van der Waals surface area contributed by atoms with Gasteiger partial charge in [0.05, 0.1) is 5.69 Å². The average Bonchev–Trinajstić information content (AvgIpc) is 2.65. The zero-order valence-corrected chi connectivity index (χ0v) is 15.5. The van der Waals surface area contributed by atoms with E-state index in [1.165, 1.54) is 48.8 Å². The van der Waals surface area contributed by atoms with Crippen LogP contribution in [0.4, 0.5) is 11.4 Å². The van der Waals surface area contributed by atoms with Crippen molar-refractivity contribution in [3.05, 3.63) is 53.1 Å². The van der Waals surface area contributed by atoms with E-state index in [-0.39, 0.29) is 0 Å². The summed E-state index contributed by atoms with van der Waals surface area (Å²) in [6.45, 7) is 3.21. The van der Waals surface area contributed by atoms with Crippen LogP contribution in [-0.2, 0) is 11.8 Å². The number of fused-ring (bicyclic) bond motifs is 1. The molecule has 1 heterocycles. The number of nitrogens with one attached hydrogen (secondary N) is 2. The topological polar surface area (TPSA) is 44.3 Å². The first-order valence-corrected chi connectivity index (χ1v) is 10.1. The standard InChI is InChI=1S/C23H28N2O/c1-15-6-2-3-8-19(15)25-21-13-16-12-20-17-7-4-5-9-23(17,10-11-24-20)18(16)14-22(21)26/h2-3,6,8,13-14,17,20,24-26H,4-5,7,9-12H2,1H3/t17-,20+,23+/m1/s1. The fourth-order valence-electron chi connectivity index (χ4n) is 5.93. The molecule has 136 valence electrons. The van der Waals surface area contributed by atoms with Crippen LogP contribution in [-0.4, -0.2) is 17.7 Å². The Morgan fingerprint density at radius 1 is 1.12 bits per heavy atom. The predicted molar refractivity (Wildman–Crippen MR) is 106 cm³/mol. The van der Waals surface area contributed by atoms with Crippen LogP contribution < -0.4 is 10.6 Å². The molecule has 2 fully saturated rings. The lowest BCUT2D eigenvalue weighted by atomic mass is 9.53. The van der Waals surface area contributed by atoms with E-state index < -0.39 is 0 Å². The summed E-state index contributed by atoms with van der Waals surface area (Å²) in [6.07, 6.45) is 7.61. The SMILES string of the molecule is Cc1ccccc1Nc1cc2c(cc1O)[C@]13CCCC[C@@H]1[C@H](C2)NCC3. The first-order chi connectivity index (χ1) is 12.7. The maximum Gasteiger partial charge on any atom is 0.139 e. The van der Waals surface area contributed by atoms with E-state index in [0.717, 1.165) is 30.3 Å². The first kappa shape index (κ1) is 16.2. The number of aryl methyl sites for hydroxylation is 1. The quantitative estimate of drug-likeness (QED) is 0.684. The van der Waals surface area contributed by atoms with Gasteiger partial charge in [-0.2, -0.15) is 0 Å². The van der Waals surface area contributed by atoms with Gasteiger partial charge in [-0.05, 0) is 80.0 Å². The van der Waals surface area contributed by atoms with Gasteiger partial charge in [-0.3, -0.25) is 0 Å². The number of phenolic OH excluding ortho intramolecular Hbond substituents is 1. The van der Waals surface area contributed by atoms with E-state index in [1.54, 1.807) is 0 Å². The second-order valence-corrected chi connectivity index (χ2v) is 8.49. The van der Waals surface area contributed by atoms with Gasteiger partial charge in [0, 0.05) is 17.1 Å². The van der Waals surface area contributed by atoms with Gasteiger partial charge in [0.25, 0.3) is 0 Å². The third kappa shape index (κ3) is 2.37. The number of rotatable bonds is 2. The van der Waals surface area contributed by atoms with Crippen molar-refractivity contribution < 1.29 is 5.11 Å². The molecule has 0 spiro atoms. The van der Waals surface area contributed by atoms with E-state index >= 15 is 0 Å². The maximum absolute atomic E-state index is 10.8. The average molecular weight is 348 g/mol. The molecule has 3 nitrogen and oxygen atoms in total. The molecule has 2 bridgehead atoms. The summed E-state index contributed by atoms with van der Waals surface area (Å²) >= 11 is 0. The highest BCUT2D eigenvalue weighted by molar-refractivity contribution is 5.70. The zero-order chi connectivity index (χ0) is 17.7. The third-order valence-electron chi connectivity index (χ3n) is 7.17. The number of benzene rings is 2. The normalized spacial score (nSPS) is 29.6. The lowest BCUT2D eigenvalue weighted by molar-refractivity contribution is 0.0796. The van der Waals surface area contributed by atoms with Crippen LogP contribution in [0.5, 0.6) is 5.75 Å². The molecule has 2 aromatic carbocycles. The van der Waals surface area contributed by atoms with Gasteiger partial charge < -0.3 is 15.7 Å². The van der Waals surface area contributed by atoms with Gasteiger partial charge >= 0.3 is 0 Å². The summed E-state index contributed by atoms with van der Waals surface area (Å²) in [5.74, 6) is 1.13. The van der Waals surface area contributed by atoms with Crippen LogP contribution >= 0.6 is 0 Å². The largest absolute Gasteiger partial charge is 0.506 e. The fraction of sp³-hybridized carbons (Fsp3) is 0.478. The third-order valence-corrected chi connectivity index (χ3v) is 7.17. The Morgan fingerprint density at radius 2 is 2.00 bits per heavy atom. The molecule has 3 atom stereocenters. The Hall–Kier alpha value is -2.00. The van der Waals surface area contributed by atoms with Crippen LogP contribution in [0.15, 0.2) is 36.4 Å². The summed E-state index contributed by atoms with van der Waals surface area (Å²) in [7, 11) is 0. The molecule has 0 aromatic heterocycles. The zero-order valence-electron chi connectivity index (χ0n) is 15.5. The van der Waals surface area contributed by atoms with Crippen molar-refractivity contribution in [2.24, 2.45) is 5.92 Å². The molecule has 0 amide bonds. The molecule has 3 heteroatoms. The molecule has 2 aliphatic carbocycles. The molecule has 1 aliphatic heterocycles. The van der Waals surface area contributed by atoms with E-state index in [0.29, 0.717) is 17.2 Å². The fourth-order valence-corrected chi connectivity index (χ4v) is 5.93. The minimum absolute atomic E-state index is 0.292. The first-order valence-electron chi connectivity index (χ1n) is 10.1. The molecule has 2 aromatic rings. The highest BCUT2D eigenvalue weighted by Crippen LogP contribution is 2.55. The maximum atomic E-state index is 10.8. The van der Waals surface area contributed by atoms with Crippen LogP contribution in [0.25, 0.3) is 0 Å². The van der Waals surface area contributed by atoms with Crippen molar-refractivity contribution in [3.63, 3.8) is 0 Å². The Morgan fingerprint density at radius 3 is 2.88 bits per heavy atom. The lowest BCUT2D eigenvalue weighted by Gasteiger charge is -2.56. The number of aromatic hydroxyl groups is 1. The second kappa shape index (κ2) is 6.02. The Bertz CT molecular complexity index is 842. The van der Waals surface area contributed by atoms with Crippen molar-refractivity contribution in [2.75, 3.05) is 11.9 Å². The van der Waals surface area contributed by atoms with E-state index in [4.69, 9.17) is 0 Å². The lowest BCUT2D eigenvalue weighted by Crippen LogP contribution is -2.59. The van der Waals surface area contributed by atoms with E-state index in [9.17, 15) is 5.11 Å². The number of anilines is 2. The van der Waals surface area contributed by atoms with Gasteiger partial charge in [-0.25, -0.2) is 0 Å². The van der Waals surface area contributed by atoms with Crippen molar-refractivity contribution >= 4 is 11.4 Å². The predicted octanol–water partition coefficient (Wildman–Crippen LogP) is 4.79. The smallest absolute Gasteiger partial charge is 0.139 e. The van der Waals surface area contributed by atoms with E-state index in [1.807, 2.05) is 12.1 Å².